The zero-order chi connectivity index (χ0) is 39.5. The summed E-state index contributed by atoms with van der Waals surface area (Å²) in [5, 5.41) is 0. The van der Waals surface area contributed by atoms with Gasteiger partial charge in [0.05, 0.1) is 5.41 Å². The highest BCUT2D eigenvalue weighted by Crippen LogP contribution is 2.60. The Kier molecular flexibility index (Phi) is 8.48. The number of hydrogen-bond acceptors (Lipinski definition) is 2. The van der Waals surface area contributed by atoms with E-state index in [4.69, 9.17) is 4.74 Å². The summed E-state index contributed by atoms with van der Waals surface area (Å²) in [7, 11) is 0. The van der Waals surface area contributed by atoms with Gasteiger partial charge in [-0.25, -0.2) is 0 Å². The summed E-state index contributed by atoms with van der Waals surface area (Å²) < 4.78 is 7.51. The third kappa shape index (κ3) is 5.62. The van der Waals surface area contributed by atoms with Crippen molar-refractivity contribution in [2.45, 2.75) is 44.4 Å². The Hall–Kier alpha value is -6.90. The number of nitrogens with zero attached hydrogens (tertiary/aromatic N) is 1. The molecule has 4 aliphatic carbocycles. The summed E-state index contributed by atoms with van der Waals surface area (Å²) in [6.07, 6.45) is 22.9. The van der Waals surface area contributed by atoms with Gasteiger partial charge in [0.15, 0.2) is 0 Å². The molecule has 11 rings (SSSR count). The van der Waals surface area contributed by atoms with E-state index in [1.165, 1.54) is 72.5 Å². The topological polar surface area (TPSA) is 12.5 Å². The maximum atomic E-state index is 7.51. The van der Waals surface area contributed by atoms with E-state index in [-0.39, 0.29) is 0 Å². The van der Waals surface area contributed by atoms with E-state index in [0.29, 0.717) is 0 Å². The minimum absolute atomic E-state index is 0.491. The van der Waals surface area contributed by atoms with Crippen molar-refractivity contribution >= 4 is 11.3 Å². The van der Waals surface area contributed by atoms with Crippen LogP contribution in [0.1, 0.15) is 66.0 Å². The molecule has 0 spiro atoms. The molecule has 59 heavy (non-hydrogen) atoms. The first kappa shape index (κ1) is 35.3. The van der Waals surface area contributed by atoms with Gasteiger partial charge in [0, 0.05) is 22.5 Å². The van der Waals surface area contributed by atoms with Crippen LogP contribution in [0.5, 0.6) is 5.75 Å². The number of ether oxygens (including phenoxy) is 1. The lowest BCUT2D eigenvalue weighted by Crippen LogP contribution is -2.29. The number of benzene rings is 6. The Morgan fingerprint density at radius 2 is 1.41 bits per heavy atom. The Bertz CT molecular complexity index is 2900. The maximum Gasteiger partial charge on any atom is 0.204 e. The molecular weight excluding hydrogens is 715 g/mol. The van der Waals surface area contributed by atoms with Gasteiger partial charge in [0.25, 0.3) is 0 Å². The second-order valence-electron chi connectivity index (χ2n) is 16.4. The van der Waals surface area contributed by atoms with Crippen LogP contribution in [0, 0.1) is 0 Å². The van der Waals surface area contributed by atoms with Crippen molar-refractivity contribution in [2.24, 2.45) is 0 Å². The first-order valence-corrected chi connectivity index (χ1v) is 21.0. The van der Waals surface area contributed by atoms with E-state index in [0.717, 1.165) is 66.1 Å². The zero-order valence-corrected chi connectivity index (χ0v) is 33.4. The van der Waals surface area contributed by atoms with E-state index in [1.54, 1.807) is 0 Å². The normalized spacial score (nSPS) is 19.8. The lowest BCUT2D eigenvalue weighted by molar-refractivity contribution is 0.411. The van der Waals surface area contributed by atoms with Crippen LogP contribution in [0.2, 0.25) is 0 Å². The Labute approximate surface area is 347 Å². The second kappa shape index (κ2) is 14.2. The summed E-state index contributed by atoms with van der Waals surface area (Å²) in [5.74, 6) is 1.61. The number of fused-ring (bicyclic) bond motifs is 8. The molecule has 2 nitrogen and oxygen atoms in total. The average Bonchev–Trinajstić information content (AvgIpc) is 3.82. The Morgan fingerprint density at radius 3 is 2.22 bits per heavy atom. The summed E-state index contributed by atoms with van der Waals surface area (Å²) in [5.41, 5.74) is 20.5. The van der Waals surface area contributed by atoms with E-state index in [1.807, 2.05) is 0 Å². The molecule has 0 amide bonds. The van der Waals surface area contributed by atoms with Crippen molar-refractivity contribution in [1.29, 1.82) is 0 Å². The summed E-state index contributed by atoms with van der Waals surface area (Å²) in [6, 6.07) is 49.2. The van der Waals surface area contributed by atoms with Crippen LogP contribution in [-0.4, -0.2) is 0 Å². The molecule has 0 N–H and O–H groups in total. The molecular formula is C57H45NO. The molecule has 1 aliphatic heterocycles. The largest absolute Gasteiger partial charge is 0.439 e. The SMILES string of the molecule is C=C1/C=C\C=C(\N(C2=CC=C(C)CC2)c2ccc(-c3cccc4c3Cc3ccccc3-4)cc2)Oc2c1ccc1c2-c2ccccc2C1(C1=CCCC=C1)c1ccccc1. The number of hydrogen-bond donors (Lipinski definition) is 0. The molecule has 0 saturated carbocycles. The predicted octanol–water partition coefficient (Wildman–Crippen LogP) is 14.4. The summed E-state index contributed by atoms with van der Waals surface area (Å²) in [6.45, 7) is 6.79. The van der Waals surface area contributed by atoms with Crippen molar-refractivity contribution in [3.05, 3.63) is 245 Å². The zero-order valence-electron chi connectivity index (χ0n) is 33.4. The molecule has 2 heteroatoms. The highest BCUT2D eigenvalue weighted by molar-refractivity contribution is 5.95. The molecule has 0 radical (unpaired) electrons. The summed E-state index contributed by atoms with van der Waals surface area (Å²) in [4.78, 5) is 2.33. The van der Waals surface area contributed by atoms with Gasteiger partial charge < -0.3 is 4.74 Å². The molecule has 6 aromatic carbocycles. The van der Waals surface area contributed by atoms with Gasteiger partial charge in [-0.1, -0.05) is 170 Å². The van der Waals surface area contributed by atoms with Crippen LogP contribution in [0.4, 0.5) is 5.69 Å². The standard InChI is InChI=1S/C57H45NO/c1-38-27-31-44(32-28-38)58(45-33-29-40(30-34-45)47-23-14-24-49-48-21-10-9-16-41(48)37-51(47)49)54-26-13-15-39(2)46-35-36-53-55(56(46)59-54)50-22-11-12-25-52(50)57(53,42-17-5-3-6-18-42)43-19-7-4-8-20-43/h3,5-7,9-27,29-31,33-36H,2,4,8,28,32,37H2,1H3/b15-13-,54-26-. The molecule has 0 aromatic heterocycles. The molecule has 1 atom stereocenters. The fraction of sp³-hybridized carbons (Fsp3) is 0.123. The fourth-order valence-corrected chi connectivity index (χ4v) is 10.2. The van der Waals surface area contributed by atoms with Crippen molar-refractivity contribution in [3.8, 4) is 39.1 Å². The number of rotatable bonds is 6. The predicted molar refractivity (Wildman–Crippen MR) is 245 cm³/mol. The Morgan fingerprint density at radius 1 is 0.627 bits per heavy atom. The van der Waals surface area contributed by atoms with Crippen molar-refractivity contribution in [1.82, 2.24) is 0 Å². The van der Waals surface area contributed by atoms with E-state index in [2.05, 4.69) is 200 Å². The smallest absolute Gasteiger partial charge is 0.204 e. The van der Waals surface area contributed by atoms with Crippen LogP contribution >= 0.6 is 0 Å². The molecule has 6 aromatic rings. The van der Waals surface area contributed by atoms with Crippen LogP contribution in [-0.2, 0) is 11.8 Å². The molecule has 5 aliphatic rings. The van der Waals surface area contributed by atoms with Gasteiger partial charge in [0.1, 0.15) is 5.75 Å². The van der Waals surface area contributed by atoms with Crippen LogP contribution in [0.25, 0.3) is 39.0 Å². The van der Waals surface area contributed by atoms with Gasteiger partial charge in [-0.05, 0) is 130 Å². The first-order chi connectivity index (χ1) is 29.1. The lowest BCUT2D eigenvalue weighted by atomic mass is 9.66. The molecule has 0 fully saturated rings. The van der Waals surface area contributed by atoms with Gasteiger partial charge in [0.2, 0.25) is 5.88 Å². The minimum atomic E-state index is -0.491. The van der Waals surface area contributed by atoms with Crippen LogP contribution in [0.3, 0.4) is 0 Å². The van der Waals surface area contributed by atoms with Gasteiger partial charge in [-0.15, -0.1) is 0 Å². The van der Waals surface area contributed by atoms with E-state index < -0.39 is 5.41 Å². The summed E-state index contributed by atoms with van der Waals surface area (Å²) >= 11 is 0. The van der Waals surface area contributed by atoms with Crippen molar-refractivity contribution in [2.75, 3.05) is 4.90 Å². The van der Waals surface area contributed by atoms with Gasteiger partial charge in [-0.2, -0.15) is 0 Å². The van der Waals surface area contributed by atoms with Crippen LogP contribution in [0.15, 0.2) is 211 Å². The molecule has 0 bridgehead atoms. The van der Waals surface area contributed by atoms with Crippen LogP contribution < -0.4 is 9.64 Å². The van der Waals surface area contributed by atoms with Gasteiger partial charge >= 0.3 is 0 Å². The molecule has 284 valence electrons. The highest BCUT2D eigenvalue weighted by atomic mass is 16.5. The maximum absolute atomic E-state index is 7.51. The number of anilines is 1. The van der Waals surface area contributed by atoms with E-state index >= 15 is 0 Å². The second-order valence-corrected chi connectivity index (χ2v) is 16.4. The molecule has 1 unspecified atom stereocenters. The monoisotopic (exact) mass is 759 g/mol. The minimum Gasteiger partial charge on any atom is -0.439 e. The van der Waals surface area contributed by atoms with Crippen molar-refractivity contribution < 1.29 is 4.74 Å². The average molecular weight is 760 g/mol. The quantitative estimate of drug-likeness (QED) is 0.167. The highest BCUT2D eigenvalue weighted by Gasteiger charge is 2.48. The molecule has 0 saturated heterocycles. The Balaban J connectivity index is 1.07. The number of allylic oxidation sites excluding steroid dienone is 12. The third-order valence-electron chi connectivity index (χ3n) is 13.0. The fourth-order valence-electron chi connectivity index (χ4n) is 10.2. The van der Waals surface area contributed by atoms with Crippen molar-refractivity contribution in [3.63, 3.8) is 0 Å². The first-order valence-electron chi connectivity index (χ1n) is 21.0. The van der Waals surface area contributed by atoms with Gasteiger partial charge in [-0.3, -0.25) is 4.90 Å². The van der Waals surface area contributed by atoms with E-state index in [9.17, 15) is 0 Å². The lowest BCUT2D eigenvalue weighted by Gasteiger charge is -2.36. The molecule has 1 heterocycles. The third-order valence-corrected chi connectivity index (χ3v) is 13.0.